The minimum absolute atomic E-state index is 0.354. The van der Waals surface area contributed by atoms with E-state index >= 15 is 0 Å². The van der Waals surface area contributed by atoms with E-state index < -0.39 is 36.6 Å². The van der Waals surface area contributed by atoms with Gasteiger partial charge in [-0.3, -0.25) is 0 Å². The average Bonchev–Trinajstić information content (AvgIpc) is 0.749. The molecule has 0 atom stereocenters. The zero-order chi connectivity index (χ0) is 71.5. The molecule has 0 amide bonds. The Bertz CT molecular complexity index is 2880. The van der Waals surface area contributed by atoms with Crippen molar-refractivity contribution in [1.82, 2.24) is 0 Å². The highest BCUT2D eigenvalue weighted by Gasteiger charge is 2.41. The molecule has 12 heteroatoms. The number of hydrogen-bond acceptors (Lipinski definition) is 12. The molecule has 6 aromatic carbocycles. The fourth-order valence-electron chi connectivity index (χ4n) is 13.5. The van der Waals surface area contributed by atoms with Crippen LogP contribution in [0.25, 0.3) is 0 Å². The van der Waals surface area contributed by atoms with E-state index in [0.717, 1.165) is 100 Å². The monoisotopic (exact) mass is 1320 g/mol. The standard InChI is InChI=1S/C84H120O12/c1-31-91-73-55-37-49(79(7,8)9)39-57(67(55)85-25)74(92-32-2)59-41-51(81(13,14)15)43-61(69(59)87-27)76(94-34-4)63-45-53(83(19,20)21)47-65(71(63)89-29)78(96-36-6)66-48-54(84(22,23)24)46-64(72(66)90-30)77(95-35-5)62-44-52(82(16,17)18)42-60(70(62)88-28)75(93-33-3)58-40-50(80(10,11)12)38-56(73)68(58)86-26/h37-48,73-78H,31-36H2,1-30H3. The summed E-state index contributed by atoms with van der Waals surface area (Å²) >= 11 is 0. The quantitative estimate of drug-likeness (QED) is 0.0817. The topological polar surface area (TPSA) is 111 Å². The molecule has 0 radical (unpaired) electrons. The van der Waals surface area contributed by atoms with E-state index in [9.17, 15) is 0 Å². The minimum atomic E-state index is -0.757. The number of methoxy groups -OCH3 is 6. The molecular formula is C84H120O12. The predicted octanol–water partition coefficient (Wildman–Crippen LogP) is 20.6. The molecule has 6 aromatic rings. The van der Waals surface area contributed by atoms with Crippen molar-refractivity contribution in [1.29, 1.82) is 0 Å². The van der Waals surface area contributed by atoms with E-state index in [2.05, 4.69) is 197 Å². The third-order valence-electron chi connectivity index (χ3n) is 18.7. The van der Waals surface area contributed by atoms with Crippen molar-refractivity contribution in [2.45, 2.75) is 235 Å². The molecule has 12 nitrogen and oxygen atoms in total. The second-order valence-corrected chi connectivity index (χ2v) is 31.6. The molecule has 0 N–H and O–H groups in total. The van der Waals surface area contributed by atoms with Crippen molar-refractivity contribution in [2.75, 3.05) is 82.3 Å². The summed E-state index contributed by atoms with van der Waals surface area (Å²) in [5.74, 6) is 3.65. The van der Waals surface area contributed by atoms with Gasteiger partial charge in [-0.1, -0.05) is 125 Å². The normalized spacial score (nSPS) is 18.2. The number of ether oxygens (including phenoxy) is 12. The summed E-state index contributed by atoms with van der Waals surface area (Å²) in [5, 5.41) is 0. The van der Waals surface area contributed by atoms with Gasteiger partial charge < -0.3 is 56.8 Å². The molecule has 0 fully saturated rings. The zero-order valence-electron chi connectivity index (χ0n) is 64.5. The summed E-state index contributed by atoms with van der Waals surface area (Å²) in [5.41, 5.74) is 13.7. The molecule has 96 heavy (non-hydrogen) atoms. The van der Waals surface area contributed by atoms with E-state index in [1.807, 2.05) is 41.5 Å². The number of benzene rings is 6. The molecular weight excluding hydrogens is 1200 g/mol. The molecule has 0 saturated carbocycles. The van der Waals surface area contributed by atoms with Gasteiger partial charge in [-0.25, -0.2) is 0 Å². The summed E-state index contributed by atoms with van der Waals surface area (Å²) < 4.78 is 85.4. The molecule has 12 bridgehead atoms. The Morgan fingerprint density at radius 3 is 0.354 bits per heavy atom. The van der Waals surface area contributed by atoms with E-state index in [1.54, 1.807) is 42.7 Å². The summed E-state index contributed by atoms with van der Waals surface area (Å²) in [7, 11) is 10.5. The van der Waals surface area contributed by atoms with Crippen LogP contribution in [0.1, 0.15) is 303 Å². The third-order valence-corrected chi connectivity index (χ3v) is 18.7. The average molecular weight is 1320 g/mol. The van der Waals surface area contributed by atoms with Crippen LogP contribution in [-0.2, 0) is 60.9 Å². The smallest absolute Gasteiger partial charge is 0.131 e. The molecule has 1 aliphatic rings. The zero-order valence-corrected chi connectivity index (χ0v) is 64.5. The van der Waals surface area contributed by atoms with Crippen molar-refractivity contribution < 1.29 is 56.8 Å². The summed E-state index contributed by atoms with van der Waals surface area (Å²) in [6, 6.07) is 27.0. The molecule has 528 valence electrons. The predicted molar refractivity (Wildman–Crippen MR) is 391 cm³/mol. The van der Waals surface area contributed by atoms with Gasteiger partial charge in [-0.15, -0.1) is 0 Å². The van der Waals surface area contributed by atoms with Gasteiger partial charge in [0, 0.05) is 106 Å². The van der Waals surface area contributed by atoms with Crippen molar-refractivity contribution in [3.05, 3.63) is 173 Å². The lowest BCUT2D eigenvalue weighted by molar-refractivity contribution is 0.0750. The fraction of sp³-hybridized carbons (Fsp3) is 0.571. The number of rotatable bonds is 18. The van der Waals surface area contributed by atoms with Crippen LogP contribution in [0.4, 0.5) is 0 Å². The molecule has 7 rings (SSSR count). The van der Waals surface area contributed by atoms with Gasteiger partial charge in [0.05, 0.1) is 42.7 Å². The first kappa shape index (κ1) is 77.2. The lowest BCUT2D eigenvalue weighted by atomic mass is 9.77. The highest BCUT2D eigenvalue weighted by atomic mass is 16.5. The van der Waals surface area contributed by atoms with Gasteiger partial charge in [0.1, 0.15) is 71.1 Å². The Labute approximate surface area is 579 Å². The van der Waals surface area contributed by atoms with E-state index in [1.165, 1.54) is 0 Å². The molecule has 0 spiro atoms. The maximum atomic E-state index is 7.30. The third kappa shape index (κ3) is 16.0. The first-order valence-electron chi connectivity index (χ1n) is 35.0. The Morgan fingerprint density at radius 1 is 0.198 bits per heavy atom. The first-order valence-corrected chi connectivity index (χ1v) is 35.0. The van der Waals surface area contributed by atoms with E-state index in [0.29, 0.717) is 74.1 Å². The van der Waals surface area contributed by atoms with Crippen LogP contribution >= 0.6 is 0 Å². The lowest BCUT2D eigenvalue weighted by Gasteiger charge is -2.35. The highest BCUT2D eigenvalue weighted by molar-refractivity contribution is 5.65. The van der Waals surface area contributed by atoms with Gasteiger partial charge in [0.25, 0.3) is 0 Å². The van der Waals surface area contributed by atoms with Crippen LogP contribution in [0.15, 0.2) is 72.8 Å². The maximum absolute atomic E-state index is 7.30. The van der Waals surface area contributed by atoms with Crippen LogP contribution in [0.3, 0.4) is 0 Å². The fourth-order valence-corrected chi connectivity index (χ4v) is 13.5. The summed E-state index contributed by atoms with van der Waals surface area (Å²) in [4.78, 5) is 0. The number of fused-ring (bicyclic) bond motifs is 12. The largest absolute Gasteiger partial charge is 0.496 e. The van der Waals surface area contributed by atoms with Crippen molar-refractivity contribution in [3.63, 3.8) is 0 Å². The highest BCUT2D eigenvalue weighted by Crippen LogP contribution is 2.56. The van der Waals surface area contributed by atoms with Crippen molar-refractivity contribution >= 4 is 0 Å². The summed E-state index contributed by atoms with van der Waals surface area (Å²) in [6.45, 7) is 54.7. The molecule has 0 aromatic heterocycles. The van der Waals surface area contributed by atoms with E-state index in [4.69, 9.17) is 56.8 Å². The Kier molecular flexibility index (Phi) is 24.6. The van der Waals surface area contributed by atoms with Gasteiger partial charge in [0.15, 0.2) is 0 Å². The number of hydrogen-bond donors (Lipinski definition) is 0. The molecule has 0 heterocycles. The van der Waals surface area contributed by atoms with Crippen LogP contribution in [0.2, 0.25) is 0 Å². The maximum Gasteiger partial charge on any atom is 0.131 e. The summed E-state index contributed by atoms with van der Waals surface area (Å²) in [6.07, 6.45) is -4.54. The Hall–Kier alpha value is -6.12. The minimum Gasteiger partial charge on any atom is -0.496 e. The van der Waals surface area contributed by atoms with Crippen molar-refractivity contribution in [3.8, 4) is 34.5 Å². The van der Waals surface area contributed by atoms with Crippen LogP contribution in [0, 0.1) is 0 Å². The van der Waals surface area contributed by atoms with Crippen LogP contribution in [-0.4, -0.2) is 82.3 Å². The molecule has 0 aliphatic heterocycles. The molecule has 1 aliphatic carbocycles. The van der Waals surface area contributed by atoms with E-state index in [-0.39, 0.29) is 32.5 Å². The van der Waals surface area contributed by atoms with Crippen LogP contribution < -0.4 is 28.4 Å². The van der Waals surface area contributed by atoms with Gasteiger partial charge in [0.2, 0.25) is 0 Å². The van der Waals surface area contributed by atoms with Gasteiger partial charge in [-0.2, -0.15) is 0 Å². The second kappa shape index (κ2) is 30.6. The van der Waals surface area contributed by atoms with Gasteiger partial charge >= 0.3 is 0 Å². The Balaban J connectivity index is 1.91. The lowest BCUT2D eigenvalue weighted by Crippen LogP contribution is -2.23. The first-order chi connectivity index (χ1) is 44.9. The molecule has 0 saturated heterocycles. The second-order valence-electron chi connectivity index (χ2n) is 31.6. The molecule has 0 unspecified atom stereocenters. The van der Waals surface area contributed by atoms with Gasteiger partial charge in [-0.05, 0) is 180 Å². The Morgan fingerprint density at radius 2 is 0.292 bits per heavy atom. The van der Waals surface area contributed by atoms with Crippen LogP contribution in [0.5, 0.6) is 34.5 Å². The van der Waals surface area contributed by atoms with Crippen molar-refractivity contribution in [2.24, 2.45) is 0 Å². The SMILES string of the molecule is CCOC1c2cc(C(C)(C)C)cc(c2OC)C(OCC)c2cc(C(C)(C)C)cc(c2OC)C(OCC)c2cc(C(C)(C)C)cc(c2OC)C(OCC)c2cc(C(C)(C)C)cc(c2OC)C(OCC)c2cc(C(C)(C)C)cc(c2OC)C(OCC)c2cc(C(C)(C)C)cc1c2OC.